The Bertz CT molecular complexity index is 434. The number of carbonyl (C=O) groups is 1. The minimum absolute atomic E-state index is 0.0271. The second-order valence-corrected chi connectivity index (χ2v) is 4.98. The maximum atomic E-state index is 11.6. The summed E-state index contributed by atoms with van der Waals surface area (Å²) in [4.78, 5) is 13.9. The molecule has 0 saturated carbocycles. The first-order valence-electron chi connectivity index (χ1n) is 6.94. The van der Waals surface area contributed by atoms with Crippen LogP contribution in [0.15, 0.2) is 18.2 Å². The smallest absolute Gasteiger partial charge is 0.257 e. The fourth-order valence-corrected chi connectivity index (χ4v) is 1.92. The summed E-state index contributed by atoms with van der Waals surface area (Å²) in [5, 5.41) is 3.54. The lowest BCUT2D eigenvalue weighted by Crippen LogP contribution is -2.36. The summed E-state index contributed by atoms with van der Waals surface area (Å²) in [6.45, 7) is 9.63. The molecule has 0 fully saturated rings. The molecule has 0 aromatic heterocycles. The van der Waals surface area contributed by atoms with Gasteiger partial charge in [0.15, 0.2) is 6.61 Å². The molecule has 112 valence electrons. The predicted octanol–water partition coefficient (Wildman–Crippen LogP) is 2.49. The molecular formula is C15H23ClN2O2. The minimum Gasteiger partial charge on any atom is -0.484 e. The molecule has 1 aromatic rings. The lowest BCUT2D eigenvalue weighted by atomic mass is 10.2. The van der Waals surface area contributed by atoms with Crippen LogP contribution in [-0.4, -0.2) is 43.6 Å². The average Bonchev–Trinajstić information content (AvgIpc) is 2.45. The highest BCUT2D eigenvalue weighted by Crippen LogP contribution is 2.20. The Morgan fingerprint density at radius 1 is 1.35 bits per heavy atom. The number of carbonyl (C=O) groups excluding carboxylic acids is 1. The molecule has 0 unspecified atom stereocenters. The predicted molar refractivity (Wildman–Crippen MR) is 82.5 cm³/mol. The summed E-state index contributed by atoms with van der Waals surface area (Å²) in [6, 6.07) is 5.36. The Hall–Kier alpha value is -1.26. The molecule has 1 amide bonds. The first-order valence-corrected chi connectivity index (χ1v) is 7.32. The number of benzene rings is 1. The number of hydrogen-bond acceptors (Lipinski definition) is 3. The van der Waals surface area contributed by atoms with Gasteiger partial charge >= 0.3 is 0 Å². The van der Waals surface area contributed by atoms with Crippen LogP contribution in [0.2, 0.25) is 5.02 Å². The maximum Gasteiger partial charge on any atom is 0.257 e. The van der Waals surface area contributed by atoms with E-state index >= 15 is 0 Å². The molecule has 0 aliphatic heterocycles. The molecule has 0 aliphatic carbocycles. The van der Waals surface area contributed by atoms with Gasteiger partial charge in [-0.15, -0.1) is 0 Å². The van der Waals surface area contributed by atoms with Gasteiger partial charge in [0.05, 0.1) is 0 Å². The van der Waals surface area contributed by atoms with Crippen LogP contribution in [-0.2, 0) is 4.79 Å². The Morgan fingerprint density at radius 3 is 2.65 bits per heavy atom. The largest absolute Gasteiger partial charge is 0.484 e. The van der Waals surface area contributed by atoms with E-state index in [2.05, 4.69) is 24.1 Å². The Balaban J connectivity index is 2.27. The van der Waals surface area contributed by atoms with E-state index < -0.39 is 0 Å². The van der Waals surface area contributed by atoms with E-state index in [0.717, 1.165) is 25.2 Å². The molecule has 0 saturated heterocycles. The number of aryl methyl sites for hydroxylation is 1. The number of nitrogens with one attached hydrogen (secondary N) is 1. The van der Waals surface area contributed by atoms with Crippen LogP contribution in [0.4, 0.5) is 0 Å². The molecule has 0 radical (unpaired) electrons. The highest BCUT2D eigenvalue weighted by molar-refractivity contribution is 6.31. The summed E-state index contributed by atoms with van der Waals surface area (Å²) in [5.74, 6) is 0.551. The van der Waals surface area contributed by atoms with Gasteiger partial charge in [-0.1, -0.05) is 25.4 Å². The van der Waals surface area contributed by atoms with E-state index in [4.69, 9.17) is 16.3 Å². The van der Waals surface area contributed by atoms with Crippen molar-refractivity contribution in [1.29, 1.82) is 0 Å². The number of likely N-dealkylation sites (N-methyl/N-ethyl adjacent to an activating group) is 1. The van der Waals surface area contributed by atoms with Crippen LogP contribution in [0.25, 0.3) is 0 Å². The van der Waals surface area contributed by atoms with Gasteiger partial charge in [0, 0.05) is 18.1 Å². The number of hydrogen-bond donors (Lipinski definition) is 1. The number of halogens is 1. The Labute approximate surface area is 126 Å². The summed E-state index contributed by atoms with van der Waals surface area (Å²) >= 11 is 5.93. The third-order valence-corrected chi connectivity index (χ3v) is 3.57. The molecule has 1 rings (SSSR count). The van der Waals surface area contributed by atoms with Crippen molar-refractivity contribution in [3.8, 4) is 5.75 Å². The standard InChI is InChI=1S/C15H23ClN2O2/c1-4-18(5-2)9-8-17-15(19)11-20-13-6-7-14(16)12(3)10-13/h6-7,10H,4-5,8-9,11H2,1-3H3,(H,17,19). The highest BCUT2D eigenvalue weighted by atomic mass is 35.5. The van der Waals surface area contributed by atoms with Gasteiger partial charge in [-0.2, -0.15) is 0 Å². The lowest BCUT2D eigenvalue weighted by Gasteiger charge is -2.18. The Kier molecular flexibility index (Phi) is 7.41. The van der Waals surface area contributed by atoms with E-state index in [0.29, 0.717) is 17.3 Å². The van der Waals surface area contributed by atoms with E-state index in [1.807, 2.05) is 13.0 Å². The monoisotopic (exact) mass is 298 g/mol. The number of ether oxygens (including phenoxy) is 1. The van der Waals surface area contributed by atoms with Crippen molar-refractivity contribution in [2.75, 3.05) is 32.8 Å². The molecule has 0 atom stereocenters. The quantitative estimate of drug-likeness (QED) is 0.802. The van der Waals surface area contributed by atoms with Crippen molar-refractivity contribution in [1.82, 2.24) is 10.2 Å². The third-order valence-electron chi connectivity index (χ3n) is 3.14. The SMILES string of the molecule is CCN(CC)CCNC(=O)COc1ccc(Cl)c(C)c1. The second-order valence-electron chi connectivity index (χ2n) is 4.58. The zero-order valence-electron chi connectivity index (χ0n) is 12.4. The maximum absolute atomic E-state index is 11.6. The lowest BCUT2D eigenvalue weighted by molar-refractivity contribution is -0.123. The zero-order chi connectivity index (χ0) is 15.0. The van der Waals surface area contributed by atoms with Crippen molar-refractivity contribution in [2.45, 2.75) is 20.8 Å². The highest BCUT2D eigenvalue weighted by Gasteiger charge is 2.05. The average molecular weight is 299 g/mol. The van der Waals surface area contributed by atoms with E-state index in [1.165, 1.54) is 0 Å². The van der Waals surface area contributed by atoms with Crippen LogP contribution in [0, 0.1) is 6.92 Å². The summed E-state index contributed by atoms with van der Waals surface area (Å²) < 4.78 is 5.43. The Morgan fingerprint density at radius 2 is 2.05 bits per heavy atom. The van der Waals surface area contributed by atoms with Crippen LogP contribution in [0.1, 0.15) is 19.4 Å². The zero-order valence-corrected chi connectivity index (χ0v) is 13.2. The molecule has 20 heavy (non-hydrogen) atoms. The topological polar surface area (TPSA) is 41.6 Å². The fraction of sp³-hybridized carbons (Fsp3) is 0.533. The van der Waals surface area contributed by atoms with Gasteiger partial charge in [0.2, 0.25) is 0 Å². The molecular weight excluding hydrogens is 276 g/mol. The van der Waals surface area contributed by atoms with Gasteiger partial charge in [0.1, 0.15) is 5.75 Å². The van der Waals surface area contributed by atoms with Crippen molar-refractivity contribution in [3.05, 3.63) is 28.8 Å². The first kappa shape index (κ1) is 16.8. The third kappa shape index (κ3) is 5.80. The van der Waals surface area contributed by atoms with E-state index in [9.17, 15) is 4.79 Å². The molecule has 0 heterocycles. The molecule has 0 aliphatic rings. The van der Waals surface area contributed by atoms with Crippen molar-refractivity contribution in [2.24, 2.45) is 0 Å². The van der Waals surface area contributed by atoms with Crippen molar-refractivity contribution in [3.63, 3.8) is 0 Å². The molecule has 4 nitrogen and oxygen atoms in total. The molecule has 1 N–H and O–H groups in total. The second kappa shape index (κ2) is 8.82. The van der Waals surface area contributed by atoms with Crippen LogP contribution < -0.4 is 10.1 Å². The fourth-order valence-electron chi connectivity index (χ4n) is 1.80. The minimum atomic E-state index is -0.107. The van der Waals surface area contributed by atoms with Gasteiger partial charge in [-0.05, 0) is 43.8 Å². The van der Waals surface area contributed by atoms with Crippen molar-refractivity contribution < 1.29 is 9.53 Å². The number of amides is 1. The number of nitrogens with zero attached hydrogens (tertiary/aromatic N) is 1. The van der Waals surface area contributed by atoms with Crippen molar-refractivity contribution >= 4 is 17.5 Å². The van der Waals surface area contributed by atoms with Crippen LogP contribution in [0.3, 0.4) is 0 Å². The van der Waals surface area contributed by atoms with Crippen LogP contribution >= 0.6 is 11.6 Å². The summed E-state index contributed by atoms with van der Waals surface area (Å²) in [6.07, 6.45) is 0. The van der Waals surface area contributed by atoms with Gasteiger partial charge in [-0.25, -0.2) is 0 Å². The van der Waals surface area contributed by atoms with Crippen LogP contribution in [0.5, 0.6) is 5.75 Å². The molecule has 1 aromatic carbocycles. The first-order chi connectivity index (χ1) is 9.56. The van der Waals surface area contributed by atoms with E-state index in [-0.39, 0.29) is 12.5 Å². The normalized spacial score (nSPS) is 10.7. The molecule has 0 spiro atoms. The molecule has 0 bridgehead atoms. The molecule has 5 heteroatoms. The number of rotatable bonds is 8. The summed E-state index contributed by atoms with van der Waals surface area (Å²) in [7, 11) is 0. The summed E-state index contributed by atoms with van der Waals surface area (Å²) in [5.41, 5.74) is 0.936. The van der Waals surface area contributed by atoms with Gasteiger partial charge in [0.25, 0.3) is 5.91 Å². The van der Waals surface area contributed by atoms with E-state index in [1.54, 1.807) is 12.1 Å². The van der Waals surface area contributed by atoms with Gasteiger partial charge in [-0.3, -0.25) is 4.79 Å². The van der Waals surface area contributed by atoms with Gasteiger partial charge < -0.3 is 15.0 Å².